The van der Waals surface area contributed by atoms with Crippen LogP contribution in [0.1, 0.15) is 53.6 Å². The first-order valence-electron chi connectivity index (χ1n) is 9.47. The first-order chi connectivity index (χ1) is 13.8. The third-order valence-electron chi connectivity index (χ3n) is 5.05. The molecular weight excluding hydrogens is 398 g/mol. The molecule has 1 saturated heterocycles. The Morgan fingerprint density at radius 2 is 1.93 bits per heavy atom. The molecule has 1 aliphatic carbocycles. The Labute approximate surface area is 171 Å². The van der Waals surface area contributed by atoms with E-state index < -0.39 is 42.4 Å². The Bertz CT molecular complexity index is 843. The second-order valence-corrected chi connectivity index (χ2v) is 8.39. The van der Waals surface area contributed by atoms with Gasteiger partial charge in [0.1, 0.15) is 12.1 Å². The first kappa shape index (κ1) is 21.0. The van der Waals surface area contributed by atoms with Crippen molar-refractivity contribution >= 4 is 40.9 Å². The van der Waals surface area contributed by atoms with Gasteiger partial charge in [-0.1, -0.05) is 19.3 Å². The van der Waals surface area contributed by atoms with E-state index in [4.69, 9.17) is 4.74 Å². The van der Waals surface area contributed by atoms with Gasteiger partial charge in [0.05, 0.1) is 11.4 Å². The van der Waals surface area contributed by atoms with Crippen molar-refractivity contribution in [2.24, 2.45) is 0 Å². The van der Waals surface area contributed by atoms with Crippen LogP contribution in [0.3, 0.4) is 0 Å². The highest BCUT2D eigenvalue weighted by Crippen LogP contribution is 2.33. The number of Topliss-reactive ketones (excluding diaryl/α,β-unsaturated/α-hetero) is 1. The van der Waals surface area contributed by atoms with Crippen LogP contribution in [0, 0.1) is 0 Å². The van der Waals surface area contributed by atoms with Crippen LogP contribution < -0.4 is 10.6 Å². The number of amides is 4. The normalized spacial score (nSPS) is 17.9. The number of hydrogen-bond donors (Lipinski definition) is 2. The van der Waals surface area contributed by atoms with Crippen LogP contribution in [0.4, 0.5) is 4.79 Å². The fraction of sp³-hybridized carbons (Fsp3) is 0.526. The minimum absolute atomic E-state index is 0.171. The molecule has 1 aliphatic heterocycles. The number of rotatable bonds is 7. The van der Waals surface area contributed by atoms with E-state index in [-0.39, 0.29) is 5.91 Å². The number of urea groups is 1. The Morgan fingerprint density at radius 1 is 1.21 bits per heavy atom. The molecule has 29 heavy (non-hydrogen) atoms. The SMILES string of the molecule is CC(=O)NCc1ccc(C(=O)COC(=O)CN2C(=O)NC3(CCCCC3)C2=O)s1. The van der Waals surface area contributed by atoms with Gasteiger partial charge in [-0.05, 0) is 25.0 Å². The molecule has 2 aliphatic rings. The molecule has 1 spiro atoms. The molecule has 0 radical (unpaired) electrons. The summed E-state index contributed by atoms with van der Waals surface area (Å²) in [5.74, 6) is -1.77. The molecule has 0 unspecified atom stereocenters. The number of esters is 1. The van der Waals surface area contributed by atoms with Crippen LogP contribution in [0.2, 0.25) is 0 Å². The monoisotopic (exact) mass is 421 g/mol. The molecule has 9 nitrogen and oxygen atoms in total. The second kappa shape index (κ2) is 8.73. The summed E-state index contributed by atoms with van der Waals surface area (Å²) >= 11 is 1.20. The minimum Gasteiger partial charge on any atom is -0.456 e. The third-order valence-corrected chi connectivity index (χ3v) is 6.18. The summed E-state index contributed by atoms with van der Waals surface area (Å²) < 4.78 is 4.97. The van der Waals surface area contributed by atoms with Gasteiger partial charge in [-0.25, -0.2) is 4.79 Å². The van der Waals surface area contributed by atoms with Crippen LogP contribution in [-0.2, 0) is 25.7 Å². The number of carbonyl (C=O) groups excluding carboxylic acids is 5. The number of carbonyl (C=O) groups is 5. The fourth-order valence-corrected chi connectivity index (χ4v) is 4.41. The van der Waals surface area contributed by atoms with Crippen molar-refractivity contribution in [3.63, 3.8) is 0 Å². The number of thiophene rings is 1. The summed E-state index contributed by atoms with van der Waals surface area (Å²) in [7, 11) is 0. The number of ketones is 1. The summed E-state index contributed by atoms with van der Waals surface area (Å²) in [6.07, 6.45) is 3.86. The second-order valence-electron chi connectivity index (χ2n) is 7.22. The van der Waals surface area contributed by atoms with Gasteiger partial charge in [-0.3, -0.25) is 24.1 Å². The summed E-state index contributed by atoms with van der Waals surface area (Å²) in [5.41, 5.74) is -0.896. The highest BCUT2D eigenvalue weighted by Gasteiger charge is 2.51. The quantitative estimate of drug-likeness (QED) is 0.390. The van der Waals surface area contributed by atoms with E-state index in [1.165, 1.54) is 18.3 Å². The molecule has 1 aromatic heterocycles. The molecule has 10 heteroatoms. The molecule has 1 aromatic rings. The van der Waals surface area contributed by atoms with E-state index in [0.29, 0.717) is 24.3 Å². The van der Waals surface area contributed by atoms with Crippen LogP contribution in [0.5, 0.6) is 0 Å². The summed E-state index contributed by atoms with van der Waals surface area (Å²) in [4.78, 5) is 62.1. The zero-order valence-electron chi connectivity index (χ0n) is 16.1. The molecule has 156 valence electrons. The van der Waals surface area contributed by atoms with Crippen LogP contribution >= 0.6 is 11.3 Å². The van der Waals surface area contributed by atoms with E-state index >= 15 is 0 Å². The van der Waals surface area contributed by atoms with E-state index in [1.54, 1.807) is 12.1 Å². The van der Waals surface area contributed by atoms with Gasteiger partial charge in [-0.15, -0.1) is 11.3 Å². The molecule has 0 bridgehead atoms. The van der Waals surface area contributed by atoms with Crippen molar-refractivity contribution in [3.8, 4) is 0 Å². The molecule has 3 rings (SSSR count). The van der Waals surface area contributed by atoms with Gasteiger partial charge < -0.3 is 15.4 Å². The largest absolute Gasteiger partial charge is 0.456 e. The Hall–Kier alpha value is -2.75. The summed E-state index contributed by atoms with van der Waals surface area (Å²) in [6, 6.07) is 2.72. The minimum atomic E-state index is -0.896. The maximum absolute atomic E-state index is 12.6. The highest BCUT2D eigenvalue weighted by molar-refractivity contribution is 7.14. The molecule has 1 saturated carbocycles. The molecule has 2 fully saturated rings. The molecular formula is C19H23N3O6S. The average molecular weight is 421 g/mol. The van der Waals surface area contributed by atoms with E-state index in [9.17, 15) is 24.0 Å². The number of imide groups is 1. The van der Waals surface area contributed by atoms with E-state index in [0.717, 1.165) is 29.0 Å². The highest BCUT2D eigenvalue weighted by atomic mass is 32.1. The van der Waals surface area contributed by atoms with Gasteiger partial charge in [0.2, 0.25) is 11.7 Å². The number of nitrogens with one attached hydrogen (secondary N) is 2. The Kier molecular flexibility index (Phi) is 6.31. The van der Waals surface area contributed by atoms with E-state index in [1.807, 2.05) is 0 Å². The van der Waals surface area contributed by atoms with Crippen molar-refractivity contribution in [1.82, 2.24) is 15.5 Å². The Morgan fingerprint density at radius 3 is 2.62 bits per heavy atom. The van der Waals surface area contributed by atoms with Crippen LogP contribution in [-0.4, -0.2) is 53.2 Å². The predicted molar refractivity (Wildman–Crippen MR) is 103 cm³/mol. The van der Waals surface area contributed by atoms with Crippen molar-refractivity contribution in [2.75, 3.05) is 13.2 Å². The van der Waals surface area contributed by atoms with Crippen LogP contribution in [0.25, 0.3) is 0 Å². The predicted octanol–water partition coefficient (Wildman–Crippen LogP) is 1.36. The van der Waals surface area contributed by atoms with Gasteiger partial charge in [0.25, 0.3) is 5.91 Å². The van der Waals surface area contributed by atoms with E-state index in [2.05, 4.69) is 10.6 Å². The van der Waals surface area contributed by atoms with Crippen molar-refractivity contribution in [2.45, 2.75) is 51.1 Å². The Balaban J connectivity index is 1.49. The zero-order chi connectivity index (χ0) is 21.0. The lowest BCUT2D eigenvalue weighted by Crippen LogP contribution is -2.48. The molecule has 4 amide bonds. The van der Waals surface area contributed by atoms with Gasteiger partial charge >= 0.3 is 12.0 Å². The van der Waals surface area contributed by atoms with Gasteiger partial charge in [0, 0.05) is 11.8 Å². The molecule has 0 aromatic carbocycles. The number of hydrogen-bond acceptors (Lipinski definition) is 7. The smallest absolute Gasteiger partial charge is 0.326 e. The lowest BCUT2D eigenvalue weighted by molar-refractivity contribution is -0.147. The standard InChI is InChI=1S/C19H23N3O6S/c1-12(23)20-9-13-5-6-15(29-13)14(24)11-28-16(25)10-22-17(26)19(21-18(22)27)7-3-2-4-8-19/h5-6H,2-4,7-11H2,1H3,(H,20,23)(H,21,27). The summed E-state index contributed by atoms with van der Waals surface area (Å²) in [5, 5.41) is 5.36. The maximum atomic E-state index is 12.6. The number of ether oxygens (including phenoxy) is 1. The maximum Gasteiger partial charge on any atom is 0.326 e. The number of nitrogens with zero attached hydrogens (tertiary/aromatic N) is 1. The molecule has 2 heterocycles. The van der Waals surface area contributed by atoms with Crippen LogP contribution in [0.15, 0.2) is 12.1 Å². The molecule has 0 atom stereocenters. The fourth-order valence-electron chi connectivity index (χ4n) is 3.54. The van der Waals surface area contributed by atoms with Crippen molar-refractivity contribution < 1.29 is 28.7 Å². The third kappa shape index (κ3) is 4.81. The van der Waals surface area contributed by atoms with Crippen molar-refractivity contribution in [1.29, 1.82) is 0 Å². The average Bonchev–Trinajstić information content (AvgIpc) is 3.25. The van der Waals surface area contributed by atoms with Gasteiger partial charge in [-0.2, -0.15) is 0 Å². The molecule has 2 N–H and O–H groups in total. The zero-order valence-corrected chi connectivity index (χ0v) is 16.9. The van der Waals surface area contributed by atoms with Gasteiger partial charge in [0.15, 0.2) is 6.61 Å². The topological polar surface area (TPSA) is 122 Å². The summed E-state index contributed by atoms with van der Waals surface area (Å²) in [6.45, 7) is 0.729. The lowest BCUT2D eigenvalue weighted by atomic mass is 9.82. The lowest BCUT2D eigenvalue weighted by Gasteiger charge is -2.30. The first-order valence-corrected chi connectivity index (χ1v) is 10.3. The van der Waals surface area contributed by atoms with Crippen molar-refractivity contribution in [3.05, 3.63) is 21.9 Å².